The number of nitrogen functional groups attached to an aromatic ring is 1. The molecule has 0 bridgehead atoms. The Morgan fingerprint density at radius 2 is 2.06 bits per heavy atom. The van der Waals surface area contributed by atoms with Gasteiger partial charge in [0, 0.05) is 11.6 Å². The summed E-state index contributed by atoms with van der Waals surface area (Å²) in [6.45, 7) is 1.85. The molecule has 17 heavy (non-hydrogen) atoms. The summed E-state index contributed by atoms with van der Waals surface area (Å²) in [4.78, 5) is 4.16. The molecule has 0 spiro atoms. The smallest absolute Gasteiger partial charge is 0.136 e. The molecule has 0 aliphatic carbocycles. The molecule has 2 rings (SSSR count). The zero-order valence-electron chi connectivity index (χ0n) is 9.70. The average Bonchev–Trinajstić information content (AvgIpc) is 2.30. The van der Waals surface area contributed by atoms with Gasteiger partial charge < -0.3 is 10.5 Å². The molecule has 4 heteroatoms. The lowest BCUT2D eigenvalue weighted by molar-refractivity contribution is 0.411. The maximum absolute atomic E-state index is 13.9. The van der Waals surface area contributed by atoms with E-state index in [1.165, 1.54) is 19.4 Å². The molecule has 2 N–H and O–H groups in total. The van der Waals surface area contributed by atoms with Gasteiger partial charge in [0.2, 0.25) is 0 Å². The van der Waals surface area contributed by atoms with Gasteiger partial charge in [-0.25, -0.2) is 4.39 Å². The maximum Gasteiger partial charge on any atom is 0.136 e. The minimum absolute atomic E-state index is 0.357. The van der Waals surface area contributed by atoms with Crippen LogP contribution in [0.3, 0.4) is 0 Å². The molecule has 3 nitrogen and oxygen atoms in total. The van der Waals surface area contributed by atoms with Crippen LogP contribution in [-0.2, 0) is 0 Å². The standard InChI is InChI=1S/C13H13FN2O/c1-8-5-9(15)7-16-13(8)11-4-3-10(17-2)6-12(11)14/h3-7H,15H2,1-2H3. The van der Waals surface area contributed by atoms with E-state index >= 15 is 0 Å². The lowest BCUT2D eigenvalue weighted by Gasteiger charge is -2.08. The minimum Gasteiger partial charge on any atom is -0.497 e. The van der Waals surface area contributed by atoms with Crippen LogP contribution in [0.25, 0.3) is 11.3 Å². The molecule has 0 fully saturated rings. The summed E-state index contributed by atoms with van der Waals surface area (Å²) in [5, 5.41) is 0. The fourth-order valence-corrected chi connectivity index (χ4v) is 1.69. The van der Waals surface area contributed by atoms with Crippen molar-refractivity contribution in [1.29, 1.82) is 0 Å². The molecule has 1 aromatic carbocycles. The highest BCUT2D eigenvalue weighted by Gasteiger charge is 2.10. The van der Waals surface area contributed by atoms with Gasteiger partial charge in [-0.1, -0.05) is 0 Å². The number of hydrogen-bond donors (Lipinski definition) is 1. The number of nitrogens with two attached hydrogens (primary N) is 1. The van der Waals surface area contributed by atoms with E-state index in [0.29, 0.717) is 22.7 Å². The molecule has 0 saturated carbocycles. The number of anilines is 1. The molecule has 1 aromatic heterocycles. The van der Waals surface area contributed by atoms with E-state index < -0.39 is 0 Å². The van der Waals surface area contributed by atoms with Gasteiger partial charge >= 0.3 is 0 Å². The molecular weight excluding hydrogens is 219 g/mol. The van der Waals surface area contributed by atoms with Crippen molar-refractivity contribution in [2.75, 3.05) is 12.8 Å². The summed E-state index contributed by atoms with van der Waals surface area (Å²) >= 11 is 0. The van der Waals surface area contributed by atoms with E-state index in [4.69, 9.17) is 10.5 Å². The molecule has 88 valence electrons. The fraction of sp³-hybridized carbons (Fsp3) is 0.154. The second-order valence-electron chi connectivity index (χ2n) is 3.78. The van der Waals surface area contributed by atoms with Crippen LogP contribution in [0.1, 0.15) is 5.56 Å². The molecule has 0 atom stereocenters. The van der Waals surface area contributed by atoms with Gasteiger partial charge in [-0.05, 0) is 30.7 Å². The summed E-state index contributed by atoms with van der Waals surface area (Å²) in [7, 11) is 1.50. The number of halogens is 1. The van der Waals surface area contributed by atoms with Crippen LogP contribution in [-0.4, -0.2) is 12.1 Å². The van der Waals surface area contributed by atoms with Crippen LogP contribution in [0.15, 0.2) is 30.5 Å². The highest BCUT2D eigenvalue weighted by molar-refractivity contribution is 5.66. The van der Waals surface area contributed by atoms with Crippen molar-refractivity contribution >= 4 is 5.69 Å². The van der Waals surface area contributed by atoms with E-state index in [2.05, 4.69) is 4.98 Å². The Balaban J connectivity index is 2.53. The van der Waals surface area contributed by atoms with E-state index in [9.17, 15) is 4.39 Å². The fourth-order valence-electron chi connectivity index (χ4n) is 1.69. The van der Waals surface area contributed by atoms with Crippen molar-refractivity contribution in [3.63, 3.8) is 0 Å². The van der Waals surface area contributed by atoms with Gasteiger partial charge in [-0.3, -0.25) is 4.98 Å². The third-order valence-electron chi connectivity index (χ3n) is 2.53. The van der Waals surface area contributed by atoms with Crippen LogP contribution >= 0.6 is 0 Å². The van der Waals surface area contributed by atoms with Gasteiger partial charge in [0.25, 0.3) is 0 Å². The Hall–Kier alpha value is -2.10. The Kier molecular flexibility index (Phi) is 2.95. The number of pyridine rings is 1. The van der Waals surface area contributed by atoms with Crippen molar-refractivity contribution in [3.05, 3.63) is 41.8 Å². The molecular formula is C13H13FN2O. The summed E-state index contributed by atoms with van der Waals surface area (Å²) < 4.78 is 18.8. The molecule has 0 radical (unpaired) electrons. The zero-order valence-corrected chi connectivity index (χ0v) is 9.70. The molecule has 0 unspecified atom stereocenters. The zero-order chi connectivity index (χ0) is 12.4. The predicted octanol–water partition coefficient (Wildman–Crippen LogP) is 2.79. The van der Waals surface area contributed by atoms with Gasteiger partial charge in [-0.2, -0.15) is 0 Å². The third kappa shape index (κ3) is 2.20. The van der Waals surface area contributed by atoms with Crippen LogP contribution in [0.5, 0.6) is 5.75 Å². The Bertz CT molecular complexity index is 555. The quantitative estimate of drug-likeness (QED) is 0.866. The van der Waals surface area contributed by atoms with Gasteiger partial charge in [-0.15, -0.1) is 0 Å². The molecule has 0 aliphatic rings. The normalized spacial score (nSPS) is 10.3. The summed E-state index contributed by atoms with van der Waals surface area (Å²) in [6.07, 6.45) is 1.52. The lowest BCUT2D eigenvalue weighted by atomic mass is 10.1. The number of nitrogens with zero attached hydrogens (tertiary/aromatic N) is 1. The van der Waals surface area contributed by atoms with Crippen LogP contribution in [0, 0.1) is 12.7 Å². The second-order valence-corrected chi connectivity index (χ2v) is 3.78. The topological polar surface area (TPSA) is 48.1 Å². The van der Waals surface area contributed by atoms with E-state index in [-0.39, 0.29) is 5.82 Å². The number of aromatic nitrogens is 1. The van der Waals surface area contributed by atoms with Crippen molar-refractivity contribution in [2.45, 2.75) is 6.92 Å². The van der Waals surface area contributed by atoms with Gasteiger partial charge in [0.1, 0.15) is 11.6 Å². The summed E-state index contributed by atoms with van der Waals surface area (Å²) in [6, 6.07) is 6.47. The first-order chi connectivity index (χ1) is 8.11. The van der Waals surface area contributed by atoms with Crippen molar-refractivity contribution in [2.24, 2.45) is 0 Å². The van der Waals surface area contributed by atoms with Crippen LogP contribution in [0.4, 0.5) is 10.1 Å². The van der Waals surface area contributed by atoms with E-state index in [1.54, 1.807) is 18.2 Å². The highest BCUT2D eigenvalue weighted by atomic mass is 19.1. The second kappa shape index (κ2) is 4.41. The molecule has 0 saturated heterocycles. The number of ether oxygens (including phenoxy) is 1. The summed E-state index contributed by atoms with van der Waals surface area (Å²) in [5.74, 6) is 0.129. The monoisotopic (exact) mass is 232 g/mol. The predicted molar refractivity (Wildman–Crippen MR) is 65.3 cm³/mol. The van der Waals surface area contributed by atoms with Gasteiger partial charge in [0.15, 0.2) is 0 Å². The first kappa shape index (κ1) is 11.4. The minimum atomic E-state index is -0.357. The van der Waals surface area contributed by atoms with E-state index in [1.807, 2.05) is 6.92 Å². The average molecular weight is 232 g/mol. The van der Waals surface area contributed by atoms with Crippen molar-refractivity contribution in [3.8, 4) is 17.0 Å². The maximum atomic E-state index is 13.9. The number of benzene rings is 1. The number of hydrogen-bond acceptors (Lipinski definition) is 3. The molecule has 2 aromatic rings. The molecule has 1 heterocycles. The highest BCUT2D eigenvalue weighted by Crippen LogP contribution is 2.27. The molecule has 0 aliphatic heterocycles. The Morgan fingerprint density at radius 3 is 2.65 bits per heavy atom. The lowest BCUT2D eigenvalue weighted by Crippen LogP contribution is -1.95. The summed E-state index contributed by atoms with van der Waals surface area (Å²) in [5.41, 5.74) is 8.07. The Morgan fingerprint density at radius 1 is 1.29 bits per heavy atom. The van der Waals surface area contributed by atoms with Crippen molar-refractivity contribution < 1.29 is 9.13 Å². The van der Waals surface area contributed by atoms with Crippen LogP contribution in [0.2, 0.25) is 0 Å². The number of aryl methyl sites for hydroxylation is 1. The van der Waals surface area contributed by atoms with Gasteiger partial charge in [0.05, 0.1) is 24.7 Å². The number of methoxy groups -OCH3 is 1. The number of rotatable bonds is 2. The SMILES string of the molecule is COc1ccc(-c2ncc(N)cc2C)c(F)c1. The first-order valence-electron chi connectivity index (χ1n) is 5.18. The van der Waals surface area contributed by atoms with E-state index in [0.717, 1.165) is 5.56 Å². The Labute approximate surface area is 99.1 Å². The van der Waals surface area contributed by atoms with Crippen LogP contribution < -0.4 is 10.5 Å². The largest absolute Gasteiger partial charge is 0.497 e. The third-order valence-corrected chi connectivity index (χ3v) is 2.53. The molecule has 0 amide bonds. The first-order valence-corrected chi connectivity index (χ1v) is 5.18. The van der Waals surface area contributed by atoms with Crippen molar-refractivity contribution in [1.82, 2.24) is 4.98 Å².